The second kappa shape index (κ2) is 4.97. The number of nitrogens with zero attached hydrogens (tertiary/aromatic N) is 2. The van der Waals surface area contributed by atoms with Crippen LogP contribution in [0.5, 0.6) is 0 Å². The van der Waals surface area contributed by atoms with Crippen molar-refractivity contribution in [2.45, 2.75) is 33.7 Å². The van der Waals surface area contributed by atoms with Crippen LogP contribution in [-0.2, 0) is 6.54 Å². The molecule has 0 fully saturated rings. The minimum atomic E-state index is 0.188. The van der Waals surface area contributed by atoms with Crippen LogP contribution < -0.4 is 0 Å². The number of rotatable bonds is 3. The molecule has 0 spiro atoms. The Bertz CT molecular complexity index is 654. The second-order valence-electron chi connectivity index (χ2n) is 6.17. The summed E-state index contributed by atoms with van der Waals surface area (Å²) in [5.74, 6) is 0.824. The second-order valence-corrected chi connectivity index (χ2v) is 6.17. The standard InChI is InChI=1S/C17H22N2O/c1-12(2)7-8-18-9-10-19-15(17(18)20)11-14-6-4-5-13(3)16(14)19/h4-6,11-12H,7-10H2,1-3H3. The molecule has 1 aromatic carbocycles. The largest absolute Gasteiger partial charge is 0.336 e. The van der Waals surface area contributed by atoms with Crippen molar-refractivity contribution in [3.8, 4) is 0 Å². The van der Waals surface area contributed by atoms with Crippen molar-refractivity contribution < 1.29 is 4.79 Å². The summed E-state index contributed by atoms with van der Waals surface area (Å²) >= 11 is 0. The first-order valence-corrected chi connectivity index (χ1v) is 7.46. The Morgan fingerprint density at radius 1 is 1.25 bits per heavy atom. The lowest BCUT2D eigenvalue weighted by atomic mass is 10.1. The van der Waals surface area contributed by atoms with Crippen LogP contribution in [0.4, 0.5) is 0 Å². The van der Waals surface area contributed by atoms with Crippen molar-refractivity contribution in [1.82, 2.24) is 9.47 Å². The third-order valence-electron chi connectivity index (χ3n) is 4.20. The first-order valence-electron chi connectivity index (χ1n) is 7.46. The van der Waals surface area contributed by atoms with E-state index in [1.807, 2.05) is 11.0 Å². The van der Waals surface area contributed by atoms with E-state index >= 15 is 0 Å². The van der Waals surface area contributed by atoms with E-state index in [0.717, 1.165) is 31.7 Å². The number of hydrogen-bond donors (Lipinski definition) is 0. The maximum absolute atomic E-state index is 12.6. The van der Waals surface area contributed by atoms with Crippen LogP contribution in [0.2, 0.25) is 0 Å². The van der Waals surface area contributed by atoms with Gasteiger partial charge in [-0.15, -0.1) is 0 Å². The number of hydrogen-bond acceptors (Lipinski definition) is 1. The van der Waals surface area contributed by atoms with Gasteiger partial charge in [0.2, 0.25) is 0 Å². The Labute approximate surface area is 120 Å². The summed E-state index contributed by atoms with van der Waals surface area (Å²) in [6.07, 6.45) is 1.07. The molecule has 0 N–H and O–H groups in total. The van der Waals surface area contributed by atoms with Crippen LogP contribution in [-0.4, -0.2) is 28.5 Å². The molecule has 3 rings (SSSR count). The predicted octanol–water partition coefficient (Wildman–Crippen LogP) is 3.45. The summed E-state index contributed by atoms with van der Waals surface area (Å²) in [4.78, 5) is 14.6. The van der Waals surface area contributed by atoms with Crippen molar-refractivity contribution in [3.63, 3.8) is 0 Å². The minimum Gasteiger partial charge on any atom is -0.336 e. The highest BCUT2D eigenvalue weighted by Crippen LogP contribution is 2.26. The van der Waals surface area contributed by atoms with Gasteiger partial charge in [-0.05, 0) is 30.9 Å². The zero-order valence-corrected chi connectivity index (χ0v) is 12.5. The molecule has 0 aliphatic carbocycles. The van der Waals surface area contributed by atoms with Gasteiger partial charge in [0.1, 0.15) is 5.69 Å². The maximum atomic E-state index is 12.6. The Morgan fingerprint density at radius 3 is 2.80 bits per heavy atom. The molecular formula is C17H22N2O. The van der Waals surface area contributed by atoms with E-state index in [2.05, 4.69) is 43.5 Å². The Morgan fingerprint density at radius 2 is 2.05 bits per heavy atom. The molecule has 2 aromatic rings. The molecule has 0 saturated carbocycles. The first kappa shape index (κ1) is 13.2. The lowest BCUT2D eigenvalue weighted by molar-refractivity contribution is 0.0699. The Kier molecular flexibility index (Phi) is 3.28. The quantitative estimate of drug-likeness (QED) is 0.838. The maximum Gasteiger partial charge on any atom is 0.270 e. The van der Waals surface area contributed by atoms with E-state index < -0.39 is 0 Å². The molecule has 0 bridgehead atoms. The van der Waals surface area contributed by atoms with Crippen LogP contribution in [0.15, 0.2) is 24.3 Å². The molecule has 1 aromatic heterocycles. The monoisotopic (exact) mass is 270 g/mol. The van der Waals surface area contributed by atoms with Crippen molar-refractivity contribution in [1.29, 1.82) is 0 Å². The molecule has 1 amide bonds. The van der Waals surface area contributed by atoms with E-state index in [1.165, 1.54) is 16.5 Å². The van der Waals surface area contributed by atoms with Gasteiger partial charge in [-0.3, -0.25) is 4.79 Å². The fourth-order valence-electron chi connectivity index (χ4n) is 3.03. The summed E-state index contributed by atoms with van der Waals surface area (Å²) in [5, 5.41) is 1.18. The summed E-state index contributed by atoms with van der Waals surface area (Å²) in [7, 11) is 0. The number of aromatic nitrogens is 1. The van der Waals surface area contributed by atoms with Gasteiger partial charge in [0, 0.05) is 25.0 Å². The van der Waals surface area contributed by atoms with E-state index in [0.29, 0.717) is 5.92 Å². The molecule has 0 saturated heterocycles. The highest BCUT2D eigenvalue weighted by molar-refractivity contribution is 6.00. The van der Waals surface area contributed by atoms with Crippen molar-refractivity contribution in [3.05, 3.63) is 35.5 Å². The van der Waals surface area contributed by atoms with Crippen molar-refractivity contribution >= 4 is 16.8 Å². The van der Waals surface area contributed by atoms with Crippen molar-refractivity contribution in [2.75, 3.05) is 13.1 Å². The van der Waals surface area contributed by atoms with Gasteiger partial charge in [0.15, 0.2) is 0 Å². The van der Waals surface area contributed by atoms with E-state index in [-0.39, 0.29) is 5.91 Å². The number of para-hydroxylation sites is 1. The molecule has 106 valence electrons. The van der Waals surface area contributed by atoms with Gasteiger partial charge in [0.25, 0.3) is 5.91 Å². The molecule has 1 aliphatic heterocycles. The molecule has 3 nitrogen and oxygen atoms in total. The van der Waals surface area contributed by atoms with Crippen LogP contribution in [0.3, 0.4) is 0 Å². The summed E-state index contributed by atoms with van der Waals surface area (Å²) < 4.78 is 2.19. The Balaban J connectivity index is 1.96. The predicted molar refractivity (Wildman–Crippen MR) is 82.0 cm³/mol. The number of benzene rings is 1. The highest BCUT2D eigenvalue weighted by Gasteiger charge is 2.26. The smallest absolute Gasteiger partial charge is 0.270 e. The van der Waals surface area contributed by atoms with Gasteiger partial charge < -0.3 is 9.47 Å². The van der Waals surface area contributed by atoms with Gasteiger partial charge in [-0.2, -0.15) is 0 Å². The van der Waals surface area contributed by atoms with Gasteiger partial charge in [0.05, 0.1) is 5.52 Å². The van der Waals surface area contributed by atoms with Crippen LogP contribution in [0.1, 0.15) is 36.3 Å². The SMILES string of the molecule is Cc1cccc2cc3n(c12)CCN(CCC(C)C)C3=O. The highest BCUT2D eigenvalue weighted by atomic mass is 16.2. The third kappa shape index (κ3) is 2.11. The molecule has 1 aliphatic rings. The topological polar surface area (TPSA) is 25.2 Å². The van der Waals surface area contributed by atoms with E-state index in [1.54, 1.807) is 0 Å². The van der Waals surface area contributed by atoms with Gasteiger partial charge in [-0.25, -0.2) is 0 Å². The summed E-state index contributed by atoms with van der Waals surface area (Å²) in [6.45, 7) is 9.13. The van der Waals surface area contributed by atoms with E-state index in [9.17, 15) is 4.79 Å². The third-order valence-corrected chi connectivity index (χ3v) is 4.20. The molecular weight excluding hydrogens is 248 g/mol. The lowest BCUT2D eigenvalue weighted by Crippen LogP contribution is -2.40. The molecule has 0 radical (unpaired) electrons. The zero-order valence-electron chi connectivity index (χ0n) is 12.5. The molecule has 0 atom stereocenters. The van der Waals surface area contributed by atoms with E-state index in [4.69, 9.17) is 0 Å². The fraction of sp³-hybridized carbons (Fsp3) is 0.471. The minimum absolute atomic E-state index is 0.188. The molecule has 0 unspecified atom stereocenters. The fourth-order valence-corrected chi connectivity index (χ4v) is 3.03. The zero-order chi connectivity index (χ0) is 14.3. The van der Waals surface area contributed by atoms with Crippen LogP contribution in [0.25, 0.3) is 10.9 Å². The number of carbonyl (C=O) groups excluding carboxylic acids is 1. The average molecular weight is 270 g/mol. The molecule has 3 heteroatoms. The van der Waals surface area contributed by atoms with Crippen LogP contribution in [0, 0.1) is 12.8 Å². The lowest BCUT2D eigenvalue weighted by Gasteiger charge is -2.29. The molecule has 20 heavy (non-hydrogen) atoms. The Hall–Kier alpha value is -1.77. The van der Waals surface area contributed by atoms with Crippen molar-refractivity contribution in [2.24, 2.45) is 5.92 Å². The average Bonchev–Trinajstić information content (AvgIpc) is 2.78. The number of fused-ring (bicyclic) bond motifs is 3. The van der Waals surface area contributed by atoms with Crippen LogP contribution >= 0.6 is 0 Å². The van der Waals surface area contributed by atoms with Gasteiger partial charge in [-0.1, -0.05) is 32.0 Å². The number of aryl methyl sites for hydroxylation is 1. The normalized spacial score (nSPS) is 15.2. The summed E-state index contributed by atoms with van der Waals surface area (Å²) in [6, 6.07) is 8.32. The number of amides is 1. The first-order chi connectivity index (χ1) is 9.58. The summed E-state index contributed by atoms with van der Waals surface area (Å²) in [5.41, 5.74) is 3.32. The molecule has 2 heterocycles. The van der Waals surface area contributed by atoms with Gasteiger partial charge >= 0.3 is 0 Å². The number of carbonyl (C=O) groups is 1.